The number of hydrogen-bond donors (Lipinski definition) is 3. The van der Waals surface area contributed by atoms with Gasteiger partial charge in [0, 0.05) is 0 Å². The predicted molar refractivity (Wildman–Crippen MR) is 66.6 cm³/mol. The van der Waals surface area contributed by atoms with E-state index >= 15 is 0 Å². The summed E-state index contributed by atoms with van der Waals surface area (Å²) < 4.78 is 0. The molecular weight excluding hydrogens is 250 g/mol. The smallest absolute Gasteiger partial charge is 0.250 e. The van der Waals surface area contributed by atoms with Crippen molar-refractivity contribution in [1.82, 2.24) is 11.2 Å². The van der Waals surface area contributed by atoms with Gasteiger partial charge in [-0.25, -0.2) is 10.0 Å². The molecule has 0 atom stereocenters. The standard InChI is InChI=1S/C11H11N5O3/c12-11(17)9-2-1-8(15-3-5-18-13-15)7-10(9)16-4-6-19-14-16/h1-7,13-14H,(H2,12,17). The van der Waals surface area contributed by atoms with Crippen LogP contribution in [0.1, 0.15) is 10.4 Å². The van der Waals surface area contributed by atoms with Crippen molar-refractivity contribution in [3.05, 3.63) is 48.7 Å². The first kappa shape index (κ1) is 11.4. The number of anilines is 2. The van der Waals surface area contributed by atoms with Gasteiger partial charge in [-0.3, -0.25) is 4.79 Å². The maximum Gasteiger partial charge on any atom is 0.250 e. The molecule has 8 heteroatoms. The normalized spacial score (nSPS) is 16.6. The van der Waals surface area contributed by atoms with Gasteiger partial charge in [0.05, 0.1) is 29.3 Å². The zero-order valence-electron chi connectivity index (χ0n) is 9.74. The van der Waals surface area contributed by atoms with E-state index in [1.165, 1.54) is 12.5 Å². The Hall–Kier alpha value is -2.71. The number of hydrazine groups is 2. The molecular formula is C11H11N5O3. The van der Waals surface area contributed by atoms with Crippen molar-refractivity contribution >= 4 is 17.3 Å². The molecule has 98 valence electrons. The summed E-state index contributed by atoms with van der Waals surface area (Å²) in [5.41, 5.74) is 12.3. The van der Waals surface area contributed by atoms with Gasteiger partial charge < -0.3 is 15.4 Å². The zero-order chi connectivity index (χ0) is 13.2. The minimum Gasteiger partial charge on any atom is -0.395 e. The van der Waals surface area contributed by atoms with Crippen LogP contribution in [0.3, 0.4) is 0 Å². The molecule has 1 aromatic rings. The van der Waals surface area contributed by atoms with Crippen LogP contribution in [0.25, 0.3) is 0 Å². The van der Waals surface area contributed by atoms with Gasteiger partial charge in [0.2, 0.25) is 0 Å². The van der Waals surface area contributed by atoms with Gasteiger partial charge in [-0.15, -0.1) is 0 Å². The summed E-state index contributed by atoms with van der Waals surface area (Å²) >= 11 is 0. The third kappa shape index (κ3) is 2.05. The van der Waals surface area contributed by atoms with Crippen molar-refractivity contribution in [2.75, 3.05) is 10.0 Å². The minimum atomic E-state index is -0.523. The predicted octanol–water partition coefficient (Wildman–Crippen LogP) is 0.240. The molecule has 2 aliphatic rings. The molecule has 4 N–H and O–H groups in total. The molecule has 0 fully saturated rings. The Morgan fingerprint density at radius 2 is 1.79 bits per heavy atom. The van der Waals surface area contributed by atoms with Crippen LogP contribution in [0.2, 0.25) is 0 Å². The highest BCUT2D eigenvalue weighted by Crippen LogP contribution is 2.27. The summed E-state index contributed by atoms with van der Waals surface area (Å²) in [6, 6.07) is 5.14. The summed E-state index contributed by atoms with van der Waals surface area (Å²) in [5, 5.41) is 3.19. The lowest BCUT2D eigenvalue weighted by Crippen LogP contribution is -2.31. The second kappa shape index (κ2) is 4.52. The van der Waals surface area contributed by atoms with Crippen LogP contribution in [-0.4, -0.2) is 5.91 Å². The number of carbonyl (C=O) groups is 1. The minimum absolute atomic E-state index is 0.371. The van der Waals surface area contributed by atoms with Gasteiger partial charge in [-0.05, 0) is 18.2 Å². The lowest BCUT2D eigenvalue weighted by Gasteiger charge is -2.20. The van der Waals surface area contributed by atoms with E-state index in [0.29, 0.717) is 11.3 Å². The summed E-state index contributed by atoms with van der Waals surface area (Å²) in [7, 11) is 0. The number of benzene rings is 1. The molecule has 0 spiro atoms. The summed E-state index contributed by atoms with van der Waals surface area (Å²) in [5.74, 6) is -0.523. The van der Waals surface area contributed by atoms with E-state index in [-0.39, 0.29) is 0 Å². The topological polar surface area (TPSA) is 92.1 Å². The maximum absolute atomic E-state index is 11.4. The fourth-order valence-electron chi connectivity index (χ4n) is 1.76. The van der Waals surface area contributed by atoms with Crippen molar-refractivity contribution in [3.63, 3.8) is 0 Å². The van der Waals surface area contributed by atoms with Gasteiger partial charge in [-0.1, -0.05) is 11.2 Å². The number of nitrogens with one attached hydrogen (secondary N) is 2. The summed E-state index contributed by atoms with van der Waals surface area (Å²) in [6.07, 6.45) is 6.29. The first-order valence-electron chi connectivity index (χ1n) is 5.44. The number of nitrogens with two attached hydrogens (primary N) is 1. The van der Waals surface area contributed by atoms with Gasteiger partial charge in [0.15, 0.2) is 0 Å². The maximum atomic E-state index is 11.4. The number of amides is 1. The van der Waals surface area contributed by atoms with E-state index in [2.05, 4.69) is 11.2 Å². The number of nitrogens with zero attached hydrogens (tertiary/aromatic N) is 2. The Morgan fingerprint density at radius 3 is 2.37 bits per heavy atom. The molecule has 0 unspecified atom stereocenters. The first-order valence-corrected chi connectivity index (χ1v) is 5.44. The van der Waals surface area contributed by atoms with Crippen LogP contribution >= 0.6 is 0 Å². The van der Waals surface area contributed by atoms with Gasteiger partial charge in [0.1, 0.15) is 12.5 Å². The van der Waals surface area contributed by atoms with Crippen LogP contribution in [0.5, 0.6) is 0 Å². The quantitative estimate of drug-likeness (QED) is 0.717. The molecule has 0 saturated heterocycles. The third-order valence-electron chi connectivity index (χ3n) is 2.64. The number of rotatable bonds is 3. The summed E-state index contributed by atoms with van der Waals surface area (Å²) in [4.78, 5) is 21.2. The largest absolute Gasteiger partial charge is 0.395 e. The molecule has 8 nitrogen and oxygen atoms in total. The molecule has 0 saturated carbocycles. The van der Waals surface area contributed by atoms with E-state index in [1.54, 1.807) is 40.6 Å². The lowest BCUT2D eigenvalue weighted by molar-refractivity contribution is 0.1000. The molecule has 0 radical (unpaired) electrons. The van der Waals surface area contributed by atoms with Crippen LogP contribution < -0.4 is 26.9 Å². The van der Waals surface area contributed by atoms with E-state index in [9.17, 15) is 4.79 Å². The van der Waals surface area contributed by atoms with E-state index in [0.717, 1.165) is 5.69 Å². The number of primary amides is 1. The van der Waals surface area contributed by atoms with E-state index in [4.69, 9.17) is 15.4 Å². The average Bonchev–Trinajstić information content (AvgIpc) is 3.11. The molecule has 0 aliphatic carbocycles. The van der Waals surface area contributed by atoms with Gasteiger partial charge in [0.25, 0.3) is 5.91 Å². The lowest BCUT2D eigenvalue weighted by atomic mass is 10.1. The Kier molecular flexibility index (Phi) is 2.71. The number of hydrogen-bond acceptors (Lipinski definition) is 7. The Morgan fingerprint density at radius 1 is 1.11 bits per heavy atom. The van der Waals surface area contributed by atoms with E-state index in [1.807, 2.05) is 0 Å². The highest BCUT2D eigenvalue weighted by atomic mass is 16.7. The van der Waals surface area contributed by atoms with Crippen LogP contribution in [0, 0.1) is 0 Å². The monoisotopic (exact) mass is 261 g/mol. The van der Waals surface area contributed by atoms with Crippen molar-refractivity contribution in [2.24, 2.45) is 5.73 Å². The molecule has 3 rings (SSSR count). The molecule has 0 aromatic heterocycles. The van der Waals surface area contributed by atoms with Gasteiger partial charge >= 0.3 is 0 Å². The highest BCUT2D eigenvalue weighted by molar-refractivity contribution is 5.99. The van der Waals surface area contributed by atoms with Gasteiger partial charge in [-0.2, -0.15) is 0 Å². The summed E-state index contributed by atoms with van der Waals surface area (Å²) in [6.45, 7) is 0. The Labute approximate surface area is 108 Å². The fourth-order valence-corrected chi connectivity index (χ4v) is 1.76. The van der Waals surface area contributed by atoms with Crippen molar-refractivity contribution < 1.29 is 14.5 Å². The first-order chi connectivity index (χ1) is 9.25. The zero-order valence-corrected chi connectivity index (χ0v) is 9.74. The molecule has 19 heavy (non-hydrogen) atoms. The molecule has 1 amide bonds. The SMILES string of the molecule is NC(=O)c1ccc(N2C=CON2)cc1N1C=CON1. The molecule has 0 bridgehead atoms. The van der Waals surface area contributed by atoms with Crippen LogP contribution in [-0.2, 0) is 9.68 Å². The second-order valence-electron chi connectivity index (χ2n) is 3.79. The molecule has 2 heterocycles. The van der Waals surface area contributed by atoms with Crippen molar-refractivity contribution in [2.45, 2.75) is 0 Å². The third-order valence-corrected chi connectivity index (χ3v) is 2.64. The van der Waals surface area contributed by atoms with Crippen LogP contribution in [0.15, 0.2) is 43.1 Å². The second-order valence-corrected chi connectivity index (χ2v) is 3.79. The Balaban J connectivity index is 2.01. The van der Waals surface area contributed by atoms with Crippen molar-refractivity contribution in [3.8, 4) is 0 Å². The fraction of sp³-hybridized carbons (Fsp3) is 0. The Bertz CT molecular complexity index is 571. The highest BCUT2D eigenvalue weighted by Gasteiger charge is 2.19. The molecule has 2 aliphatic heterocycles. The molecule has 1 aromatic carbocycles. The van der Waals surface area contributed by atoms with Crippen LogP contribution in [0.4, 0.5) is 11.4 Å². The average molecular weight is 261 g/mol. The van der Waals surface area contributed by atoms with E-state index < -0.39 is 5.91 Å². The van der Waals surface area contributed by atoms with Crippen molar-refractivity contribution in [1.29, 1.82) is 0 Å². The number of carbonyl (C=O) groups excluding carboxylic acids is 1.